The van der Waals surface area contributed by atoms with Crippen LogP contribution in [0.2, 0.25) is 0 Å². The van der Waals surface area contributed by atoms with Crippen molar-refractivity contribution in [2.75, 3.05) is 0 Å². The summed E-state index contributed by atoms with van der Waals surface area (Å²) in [4.78, 5) is 30.1. The zero-order valence-electron chi connectivity index (χ0n) is 18.1. The van der Waals surface area contributed by atoms with Gasteiger partial charge in [-0.25, -0.2) is 4.98 Å². The standard InChI is InChI=1S/C24H21N3O6S/c1-14-10-26-20(6-7-22(31)15-2-4-17(11-28)19(8-15)13-30)23(25-24(26)34-14)16-3-5-18(12-29)21(9-16)27(32)33/h2-10,28-30H,11-13H2,1H3. The number of nitro benzene ring substituents is 1. The quantitative estimate of drug-likeness (QED) is 0.152. The monoisotopic (exact) mass is 479 g/mol. The number of aryl methyl sites for hydroxylation is 1. The minimum Gasteiger partial charge on any atom is -0.392 e. The molecule has 0 aliphatic carbocycles. The average Bonchev–Trinajstić information content (AvgIpc) is 3.37. The summed E-state index contributed by atoms with van der Waals surface area (Å²) in [6.45, 7) is 0.929. The highest BCUT2D eigenvalue weighted by Gasteiger charge is 2.20. The molecule has 0 atom stereocenters. The maximum Gasteiger partial charge on any atom is 0.275 e. The van der Waals surface area contributed by atoms with Gasteiger partial charge in [-0.3, -0.25) is 19.3 Å². The summed E-state index contributed by atoms with van der Waals surface area (Å²) in [5, 5.41) is 39.7. The topological polar surface area (TPSA) is 138 Å². The highest BCUT2D eigenvalue weighted by atomic mass is 32.1. The maximum atomic E-state index is 12.8. The Kier molecular flexibility index (Phi) is 6.66. The third-order valence-corrected chi connectivity index (χ3v) is 6.33. The summed E-state index contributed by atoms with van der Waals surface area (Å²) < 4.78 is 1.82. The fourth-order valence-electron chi connectivity index (χ4n) is 3.69. The van der Waals surface area contributed by atoms with Crippen LogP contribution >= 0.6 is 11.3 Å². The molecule has 0 aliphatic heterocycles. The van der Waals surface area contributed by atoms with E-state index in [-0.39, 0.29) is 30.2 Å². The van der Waals surface area contributed by atoms with Crippen LogP contribution in [0.1, 0.15) is 37.6 Å². The van der Waals surface area contributed by atoms with Crippen molar-refractivity contribution in [3.05, 3.63) is 91.6 Å². The SMILES string of the molecule is Cc1cn2c(C=CC(=O)c3ccc(CO)c(CO)c3)c(-c3ccc(CO)c([N+](=O)[O-])c3)nc2s1. The molecule has 0 unspecified atom stereocenters. The Morgan fingerprint density at radius 2 is 1.79 bits per heavy atom. The Balaban J connectivity index is 1.78. The first kappa shape index (κ1) is 23.5. The molecule has 2 aromatic heterocycles. The summed E-state index contributed by atoms with van der Waals surface area (Å²) in [5.41, 5.74) is 2.89. The minimum atomic E-state index is -0.550. The van der Waals surface area contributed by atoms with Crippen molar-refractivity contribution < 1.29 is 25.0 Å². The smallest absolute Gasteiger partial charge is 0.275 e. The van der Waals surface area contributed by atoms with Crippen LogP contribution in [-0.4, -0.2) is 35.4 Å². The minimum absolute atomic E-state index is 0.198. The van der Waals surface area contributed by atoms with Crippen molar-refractivity contribution in [3.8, 4) is 11.3 Å². The molecule has 174 valence electrons. The van der Waals surface area contributed by atoms with Crippen molar-refractivity contribution in [2.45, 2.75) is 26.7 Å². The van der Waals surface area contributed by atoms with Crippen LogP contribution in [0.3, 0.4) is 0 Å². The van der Waals surface area contributed by atoms with Crippen LogP contribution < -0.4 is 0 Å². The van der Waals surface area contributed by atoms with E-state index in [1.807, 2.05) is 17.5 Å². The third-order valence-electron chi connectivity index (χ3n) is 5.43. The summed E-state index contributed by atoms with van der Waals surface area (Å²) in [7, 11) is 0. The molecule has 4 aromatic rings. The van der Waals surface area contributed by atoms with Crippen molar-refractivity contribution in [3.63, 3.8) is 0 Å². The van der Waals surface area contributed by atoms with Crippen molar-refractivity contribution in [2.24, 2.45) is 0 Å². The van der Waals surface area contributed by atoms with Gasteiger partial charge in [-0.1, -0.05) is 18.2 Å². The van der Waals surface area contributed by atoms with E-state index in [4.69, 9.17) is 0 Å². The lowest BCUT2D eigenvalue weighted by molar-refractivity contribution is -0.385. The largest absolute Gasteiger partial charge is 0.392 e. The first-order valence-electron chi connectivity index (χ1n) is 10.3. The highest BCUT2D eigenvalue weighted by Crippen LogP contribution is 2.32. The number of carbonyl (C=O) groups is 1. The second-order valence-electron chi connectivity index (χ2n) is 7.60. The highest BCUT2D eigenvalue weighted by molar-refractivity contribution is 7.17. The average molecular weight is 480 g/mol. The summed E-state index contributed by atoms with van der Waals surface area (Å²) in [6.07, 6.45) is 4.86. The van der Waals surface area contributed by atoms with Gasteiger partial charge in [0.25, 0.3) is 5.69 Å². The zero-order chi connectivity index (χ0) is 24.4. The van der Waals surface area contributed by atoms with Crippen LogP contribution in [0.15, 0.2) is 48.7 Å². The van der Waals surface area contributed by atoms with Gasteiger partial charge < -0.3 is 15.3 Å². The Morgan fingerprint density at radius 1 is 1.09 bits per heavy atom. The molecule has 0 bridgehead atoms. The number of carbonyl (C=O) groups excluding carboxylic acids is 1. The molecule has 0 spiro atoms. The number of aliphatic hydroxyl groups is 3. The Bertz CT molecular complexity index is 1440. The fraction of sp³-hybridized carbons (Fsp3) is 0.167. The Hall–Kier alpha value is -3.70. The molecule has 2 aromatic carbocycles. The van der Waals surface area contributed by atoms with Gasteiger partial charge >= 0.3 is 0 Å². The van der Waals surface area contributed by atoms with E-state index in [0.717, 1.165) is 4.88 Å². The van der Waals surface area contributed by atoms with Gasteiger partial charge in [-0.2, -0.15) is 0 Å². The summed E-state index contributed by atoms with van der Waals surface area (Å²) in [5.74, 6) is -0.311. The number of rotatable bonds is 8. The molecular weight excluding hydrogens is 458 g/mol. The number of hydrogen-bond donors (Lipinski definition) is 3. The number of nitrogens with zero attached hydrogens (tertiary/aromatic N) is 3. The molecule has 10 heteroatoms. The van der Waals surface area contributed by atoms with E-state index in [1.165, 1.54) is 35.6 Å². The van der Waals surface area contributed by atoms with Crippen molar-refractivity contribution in [1.82, 2.24) is 9.38 Å². The number of allylic oxidation sites excluding steroid dienone is 1. The van der Waals surface area contributed by atoms with Crippen LogP contribution in [0.4, 0.5) is 5.69 Å². The molecule has 34 heavy (non-hydrogen) atoms. The van der Waals surface area contributed by atoms with Crippen LogP contribution in [0.5, 0.6) is 0 Å². The Labute approximate surface area is 198 Å². The fourth-order valence-corrected chi connectivity index (χ4v) is 4.52. The van der Waals surface area contributed by atoms with E-state index >= 15 is 0 Å². The molecule has 0 saturated heterocycles. The number of fused-ring (bicyclic) bond motifs is 1. The lowest BCUT2D eigenvalue weighted by atomic mass is 10.0. The summed E-state index contributed by atoms with van der Waals surface area (Å²) >= 11 is 1.45. The molecule has 2 heterocycles. The normalized spacial score (nSPS) is 11.5. The number of thiazole rings is 1. The van der Waals surface area contributed by atoms with Gasteiger partial charge in [0, 0.05) is 28.3 Å². The first-order valence-corrected chi connectivity index (χ1v) is 11.1. The van der Waals surface area contributed by atoms with E-state index < -0.39 is 11.5 Å². The molecule has 9 nitrogen and oxygen atoms in total. The summed E-state index contributed by atoms with van der Waals surface area (Å²) in [6, 6.07) is 9.22. The molecule has 0 saturated carbocycles. The van der Waals surface area contributed by atoms with Crippen LogP contribution in [0.25, 0.3) is 22.3 Å². The number of imidazole rings is 1. The molecule has 0 fully saturated rings. The number of ketones is 1. The van der Waals surface area contributed by atoms with E-state index in [2.05, 4.69) is 4.98 Å². The number of aromatic nitrogens is 2. The molecule has 3 N–H and O–H groups in total. The molecule has 4 rings (SSSR count). The van der Waals surface area contributed by atoms with E-state index in [9.17, 15) is 30.2 Å². The first-order chi connectivity index (χ1) is 16.4. The van der Waals surface area contributed by atoms with E-state index in [0.29, 0.717) is 38.6 Å². The third kappa shape index (κ3) is 4.39. The predicted octanol–water partition coefficient (Wildman–Crippen LogP) is 3.65. The number of benzene rings is 2. The lowest BCUT2D eigenvalue weighted by Gasteiger charge is -2.06. The van der Waals surface area contributed by atoms with Crippen LogP contribution in [0, 0.1) is 17.0 Å². The number of nitro groups is 1. The van der Waals surface area contributed by atoms with Gasteiger partial charge in [0.1, 0.15) is 0 Å². The van der Waals surface area contributed by atoms with Crippen LogP contribution in [-0.2, 0) is 19.8 Å². The molecule has 0 radical (unpaired) electrons. The Morgan fingerprint density at radius 3 is 2.47 bits per heavy atom. The maximum absolute atomic E-state index is 12.8. The lowest BCUT2D eigenvalue weighted by Crippen LogP contribution is -2.00. The van der Waals surface area contributed by atoms with Crippen molar-refractivity contribution >= 4 is 33.8 Å². The van der Waals surface area contributed by atoms with Gasteiger partial charge in [0.15, 0.2) is 10.7 Å². The molecular formula is C24H21N3O6S. The van der Waals surface area contributed by atoms with Gasteiger partial charge in [-0.15, -0.1) is 11.3 Å². The van der Waals surface area contributed by atoms with Gasteiger partial charge in [-0.05, 0) is 42.3 Å². The van der Waals surface area contributed by atoms with Crippen molar-refractivity contribution in [1.29, 1.82) is 0 Å². The second-order valence-corrected chi connectivity index (χ2v) is 8.81. The van der Waals surface area contributed by atoms with E-state index in [1.54, 1.807) is 24.3 Å². The second kappa shape index (κ2) is 9.65. The van der Waals surface area contributed by atoms with Gasteiger partial charge in [0.05, 0.1) is 41.7 Å². The number of hydrogen-bond acceptors (Lipinski definition) is 8. The predicted molar refractivity (Wildman–Crippen MR) is 127 cm³/mol. The molecule has 0 aliphatic rings. The van der Waals surface area contributed by atoms with Gasteiger partial charge in [0.2, 0.25) is 0 Å². The number of aliphatic hydroxyl groups excluding tert-OH is 3. The zero-order valence-corrected chi connectivity index (χ0v) is 19.0. The molecule has 0 amide bonds.